The molecule has 158 valence electrons. The van der Waals surface area contributed by atoms with Crippen molar-refractivity contribution in [1.82, 2.24) is 29.2 Å². The second-order valence-electron chi connectivity index (χ2n) is 8.49. The maximum atomic E-state index is 12.8. The first-order chi connectivity index (χ1) is 14.9. The standard InChI is InChI=1S/C24H26N6O/c1-28(2)9-5-6-22(31)15-7-8-21-17(10-15)19(14-29(21)3)20-11-18-23-16(13-26-30(23)4)12-25-24(18)27-20/h7-8,10-14,26H,5-6,9H2,1-4H3. The Labute approximate surface area is 180 Å². The van der Waals surface area contributed by atoms with Gasteiger partial charge in [0, 0.05) is 71.9 Å². The molecule has 0 fully saturated rings. The molecule has 0 spiro atoms. The van der Waals surface area contributed by atoms with Crippen LogP contribution in [-0.4, -0.2) is 55.6 Å². The number of carbonyl (C=O) groups is 1. The molecule has 5 aromatic rings. The van der Waals surface area contributed by atoms with E-state index in [4.69, 9.17) is 4.98 Å². The van der Waals surface area contributed by atoms with Crippen LogP contribution in [0.25, 0.3) is 44.1 Å². The summed E-state index contributed by atoms with van der Waals surface area (Å²) in [6.07, 6.45) is 7.28. The molecule has 7 heteroatoms. The molecule has 4 aromatic heterocycles. The summed E-state index contributed by atoms with van der Waals surface area (Å²) < 4.78 is 4.07. The van der Waals surface area contributed by atoms with Crippen LogP contribution in [-0.2, 0) is 14.1 Å². The number of nitrogens with zero attached hydrogens (tertiary/aromatic N) is 5. The van der Waals surface area contributed by atoms with Gasteiger partial charge >= 0.3 is 0 Å². The first kappa shape index (κ1) is 19.5. The van der Waals surface area contributed by atoms with Crippen molar-refractivity contribution in [3.63, 3.8) is 0 Å². The first-order valence-electron chi connectivity index (χ1n) is 10.5. The number of pyridine rings is 1. The number of fused-ring (bicyclic) bond motifs is 4. The quantitative estimate of drug-likeness (QED) is 0.424. The van der Waals surface area contributed by atoms with Crippen molar-refractivity contribution >= 4 is 38.6 Å². The average Bonchev–Trinajstić information content (AvgIpc) is 3.42. The van der Waals surface area contributed by atoms with E-state index < -0.39 is 0 Å². The Balaban J connectivity index is 1.59. The molecule has 4 heterocycles. The largest absolute Gasteiger partial charge is 0.350 e. The molecule has 31 heavy (non-hydrogen) atoms. The van der Waals surface area contributed by atoms with E-state index >= 15 is 0 Å². The lowest BCUT2D eigenvalue weighted by molar-refractivity contribution is 0.0977. The van der Waals surface area contributed by atoms with Crippen molar-refractivity contribution < 1.29 is 4.79 Å². The van der Waals surface area contributed by atoms with Gasteiger partial charge in [0.1, 0.15) is 0 Å². The number of hydrogen-bond donors (Lipinski definition) is 1. The van der Waals surface area contributed by atoms with Crippen LogP contribution in [0.15, 0.2) is 42.9 Å². The molecule has 0 aliphatic carbocycles. The van der Waals surface area contributed by atoms with Crippen LogP contribution in [0, 0.1) is 0 Å². The molecule has 0 amide bonds. The van der Waals surface area contributed by atoms with Crippen molar-refractivity contribution in [2.75, 3.05) is 20.6 Å². The smallest absolute Gasteiger partial charge is 0.162 e. The van der Waals surface area contributed by atoms with Gasteiger partial charge in [0.2, 0.25) is 0 Å². The molecule has 0 atom stereocenters. The van der Waals surface area contributed by atoms with Gasteiger partial charge in [-0.1, -0.05) is 0 Å². The van der Waals surface area contributed by atoms with E-state index in [9.17, 15) is 4.79 Å². The van der Waals surface area contributed by atoms with Crippen LogP contribution >= 0.6 is 0 Å². The van der Waals surface area contributed by atoms with E-state index in [1.54, 1.807) is 0 Å². The lowest BCUT2D eigenvalue weighted by Gasteiger charge is -2.08. The zero-order chi connectivity index (χ0) is 21.7. The number of H-pyrrole nitrogens is 1. The van der Waals surface area contributed by atoms with E-state index in [-0.39, 0.29) is 5.78 Å². The second-order valence-corrected chi connectivity index (χ2v) is 8.49. The lowest BCUT2D eigenvalue weighted by Crippen LogP contribution is -2.14. The highest BCUT2D eigenvalue weighted by Crippen LogP contribution is 2.34. The molecule has 0 aliphatic rings. The van der Waals surface area contributed by atoms with E-state index in [0.29, 0.717) is 6.42 Å². The molecule has 0 radical (unpaired) electrons. The van der Waals surface area contributed by atoms with Crippen LogP contribution < -0.4 is 0 Å². The van der Waals surface area contributed by atoms with Gasteiger partial charge in [-0.15, -0.1) is 0 Å². The van der Waals surface area contributed by atoms with Crippen molar-refractivity contribution in [3.8, 4) is 11.3 Å². The summed E-state index contributed by atoms with van der Waals surface area (Å²) in [7, 11) is 8.07. The van der Waals surface area contributed by atoms with Gasteiger partial charge in [0.15, 0.2) is 11.4 Å². The van der Waals surface area contributed by atoms with Gasteiger partial charge < -0.3 is 14.6 Å². The summed E-state index contributed by atoms with van der Waals surface area (Å²) >= 11 is 0. The van der Waals surface area contributed by atoms with E-state index in [1.165, 1.54) is 0 Å². The number of Topliss-reactive ketones (excluding diaryl/α,β-unsaturated/α-hetero) is 1. The minimum atomic E-state index is 0.182. The number of aromatic amines is 1. The van der Waals surface area contributed by atoms with Gasteiger partial charge in [0.25, 0.3) is 0 Å². The third-order valence-corrected chi connectivity index (χ3v) is 5.95. The highest BCUT2D eigenvalue weighted by atomic mass is 16.1. The molecule has 7 nitrogen and oxygen atoms in total. The molecule has 0 saturated heterocycles. The normalized spacial score (nSPS) is 12.0. The Hall–Kier alpha value is -3.45. The molecular weight excluding hydrogens is 388 g/mol. The number of nitrogens with one attached hydrogen (secondary N) is 1. The second kappa shape index (κ2) is 7.35. The zero-order valence-corrected chi connectivity index (χ0v) is 18.3. The number of benzene rings is 1. The lowest BCUT2D eigenvalue weighted by atomic mass is 10.0. The molecule has 5 rings (SSSR count). The Bertz CT molecular complexity index is 1440. The number of aryl methyl sites for hydroxylation is 2. The molecule has 0 bridgehead atoms. The zero-order valence-electron chi connectivity index (χ0n) is 18.3. The van der Waals surface area contributed by atoms with Gasteiger partial charge in [-0.3, -0.25) is 9.48 Å². The number of carbonyl (C=O) groups excluding carboxylic acids is 1. The summed E-state index contributed by atoms with van der Waals surface area (Å²) in [6.45, 7) is 0.909. The molecular formula is C24H26N6O. The van der Waals surface area contributed by atoms with Crippen molar-refractivity contribution in [3.05, 3.63) is 48.4 Å². The summed E-state index contributed by atoms with van der Waals surface area (Å²) in [5.74, 6) is 0.182. The molecule has 0 saturated carbocycles. The fraction of sp³-hybridized carbons (Fsp3) is 0.292. The third-order valence-electron chi connectivity index (χ3n) is 5.95. The van der Waals surface area contributed by atoms with Crippen LogP contribution in [0.1, 0.15) is 23.2 Å². The summed E-state index contributed by atoms with van der Waals surface area (Å²) in [6, 6.07) is 8.08. The summed E-state index contributed by atoms with van der Waals surface area (Å²) in [5, 5.41) is 6.31. The summed E-state index contributed by atoms with van der Waals surface area (Å²) in [5.41, 5.74) is 5.54. The van der Waals surface area contributed by atoms with E-state index in [1.807, 2.05) is 63.5 Å². The van der Waals surface area contributed by atoms with Crippen molar-refractivity contribution in [2.45, 2.75) is 12.8 Å². The Morgan fingerprint density at radius 1 is 1.16 bits per heavy atom. The third kappa shape index (κ3) is 3.31. The van der Waals surface area contributed by atoms with Crippen LogP contribution in [0.4, 0.5) is 0 Å². The van der Waals surface area contributed by atoms with E-state index in [0.717, 1.165) is 62.6 Å². The predicted octanol–water partition coefficient (Wildman–Crippen LogP) is 4.13. The topological polar surface area (TPSA) is 71.7 Å². The van der Waals surface area contributed by atoms with Gasteiger partial charge in [-0.2, -0.15) is 0 Å². The first-order valence-corrected chi connectivity index (χ1v) is 10.5. The highest BCUT2D eigenvalue weighted by molar-refractivity contribution is 6.07. The maximum absolute atomic E-state index is 12.8. The van der Waals surface area contributed by atoms with Gasteiger partial charge in [0.05, 0.1) is 11.2 Å². The monoisotopic (exact) mass is 414 g/mol. The Morgan fingerprint density at radius 3 is 2.81 bits per heavy atom. The maximum Gasteiger partial charge on any atom is 0.162 e. The molecule has 1 aromatic carbocycles. The Morgan fingerprint density at radius 2 is 2.00 bits per heavy atom. The number of aromatic nitrogens is 5. The van der Waals surface area contributed by atoms with Gasteiger partial charge in [-0.25, -0.2) is 9.97 Å². The molecule has 0 aliphatic heterocycles. The molecule has 1 N–H and O–H groups in total. The number of ketones is 1. The SMILES string of the molecule is CN(C)CCCC(=O)c1ccc2c(c1)c(-c1cc3c(ncc4c[nH]n(C)c43)n1)cn2C. The number of hydrogen-bond acceptors (Lipinski definition) is 4. The minimum absolute atomic E-state index is 0.182. The fourth-order valence-corrected chi connectivity index (χ4v) is 4.35. The number of rotatable bonds is 6. The average molecular weight is 415 g/mol. The highest BCUT2D eigenvalue weighted by Gasteiger charge is 2.17. The van der Waals surface area contributed by atoms with Crippen LogP contribution in [0.5, 0.6) is 0 Å². The van der Waals surface area contributed by atoms with Crippen molar-refractivity contribution in [2.24, 2.45) is 14.1 Å². The minimum Gasteiger partial charge on any atom is -0.350 e. The van der Waals surface area contributed by atoms with Crippen LogP contribution in [0.2, 0.25) is 0 Å². The molecule has 0 unspecified atom stereocenters. The Kier molecular flexibility index (Phi) is 4.63. The van der Waals surface area contributed by atoms with E-state index in [2.05, 4.69) is 31.8 Å². The van der Waals surface area contributed by atoms with Crippen molar-refractivity contribution in [1.29, 1.82) is 0 Å². The van der Waals surface area contributed by atoms with Crippen LogP contribution in [0.3, 0.4) is 0 Å². The fourth-order valence-electron chi connectivity index (χ4n) is 4.35. The predicted molar refractivity (Wildman–Crippen MR) is 124 cm³/mol. The van der Waals surface area contributed by atoms with Gasteiger partial charge in [-0.05, 0) is 51.3 Å². The summed E-state index contributed by atoms with van der Waals surface area (Å²) in [4.78, 5) is 24.2.